The highest BCUT2D eigenvalue weighted by atomic mass is 32.2. The molecule has 0 saturated heterocycles. The zero-order chi connectivity index (χ0) is 21.8. The van der Waals surface area contributed by atoms with Crippen molar-refractivity contribution in [1.82, 2.24) is 10.2 Å². The molecule has 8 nitrogen and oxygen atoms in total. The topological polar surface area (TPSA) is 114 Å². The Bertz CT molecular complexity index is 1300. The van der Waals surface area contributed by atoms with Crippen LogP contribution in [0.1, 0.15) is 15.9 Å². The minimum Gasteiger partial charge on any atom is -0.403 e. The van der Waals surface area contributed by atoms with Crippen LogP contribution in [0.25, 0.3) is 11.5 Å². The van der Waals surface area contributed by atoms with Crippen LogP contribution in [0.5, 0.6) is 0 Å². The lowest BCUT2D eigenvalue weighted by Crippen LogP contribution is -2.14. The number of hydrogen-bond acceptors (Lipinski definition) is 6. The van der Waals surface area contributed by atoms with Crippen molar-refractivity contribution in [3.63, 3.8) is 0 Å². The van der Waals surface area contributed by atoms with E-state index in [2.05, 4.69) is 20.2 Å². The molecule has 4 rings (SSSR count). The van der Waals surface area contributed by atoms with Gasteiger partial charge in [0.1, 0.15) is 0 Å². The molecule has 3 aromatic carbocycles. The summed E-state index contributed by atoms with van der Waals surface area (Å²) < 4.78 is 32.9. The monoisotopic (exact) mass is 434 g/mol. The fourth-order valence-corrected chi connectivity index (χ4v) is 3.82. The average molecular weight is 434 g/mol. The van der Waals surface area contributed by atoms with Crippen molar-refractivity contribution in [1.29, 1.82) is 0 Å². The number of amides is 1. The number of nitrogens with zero attached hydrogens (tertiary/aromatic N) is 2. The van der Waals surface area contributed by atoms with Gasteiger partial charge in [0.25, 0.3) is 15.9 Å². The maximum absolute atomic E-state index is 12.5. The van der Waals surface area contributed by atoms with Gasteiger partial charge in [-0.2, -0.15) is 0 Å². The predicted octanol–water partition coefficient (Wildman–Crippen LogP) is 4.10. The van der Waals surface area contributed by atoms with Gasteiger partial charge in [0.05, 0.1) is 4.90 Å². The van der Waals surface area contributed by atoms with Gasteiger partial charge in [-0.15, -0.1) is 5.10 Å². The summed E-state index contributed by atoms with van der Waals surface area (Å²) in [5.41, 5.74) is 2.34. The summed E-state index contributed by atoms with van der Waals surface area (Å²) in [6, 6.07) is 21.7. The van der Waals surface area contributed by atoms with Crippen molar-refractivity contribution in [2.45, 2.75) is 11.8 Å². The molecule has 0 fully saturated rings. The SMILES string of the molecule is Cc1ccc(S(=O)(=O)Nc2ccc(C(=O)Nc3nnc(-c4ccccc4)o3)cc2)cc1. The van der Waals surface area contributed by atoms with E-state index in [0.717, 1.165) is 11.1 Å². The first-order valence-electron chi connectivity index (χ1n) is 9.30. The van der Waals surface area contributed by atoms with E-state index in [0.29, 0.717) is 11.3 Å². The van der Waals surface area contributed by atoms with Gasteiger partial charge in [-0.25, -0.2) is 8.42 Å². The third-order valence-corrected chi connectivity index (χ3v) is 5.79. The normalized spacial score (nSPS) is 11.1. The number of anilines is 2. The summed E-state index contributed by atoms with van der Waals surface area (Å²) in [5.74, 6) is -0.173. The Hall–Kier alpha value is -3.98. The lowest BCUT2D eigenvalue weighted by atomic mass is 10.2. The maximum atomic E-state index is 12.5. The van der Waals surface area contributed by atoms with Crippen LogP contribution in [0.4, 0.5) is 11.7 Å². The first kappa shape index (κ1) is 20.3. The summed E-state index contributed by atoms with van der Waals surface area (Å²) >= 11 is 0. The number of carbonyl (C=O) groups excluding carboxylic acids is 1. The second-order valence-electron chi connectivity index (χ2n) is 6.73. The molecule has 0 radical (unpaired) electrons. The third-order valence-electron chi connectivity index (χ3n) is 4.40. The molecule has 0 saturated carbocycles. The van der Waals surface area contributed by atoms with Gasteiger partial charge in [0.2, 0.25) is 5.89 Å². The van der Waals surface area contributed by atoms with Crippen molar-refractivity contribution in [2.24, 2.45) is 0 Å². The first-order valence-corrected chi connectivity index (χ1v) is 10.8. The Morgan fingerprint density at radius 1 is 0.871 bits per heavy atom. The van der Waals surface area contributed by atoms with Crippen molar-refractivity contribution >= 4 is 27.6 Å². The number of hydrogen-bond donors (Lipinski definition) is 2. The lowest BCUT2D eigenvalue weighted by Gasteiger charge is -2.09. The number of rotatable bonds is 6. The number of nitrogens with one attached hydrogen (secondary N) is 2. The standard InChI is InChI=1S/C22H18N4O4S/c1-15-7-13-19(14-8-15)31(28,29)26-18-11-9-16(10-12-18)20(27)23-22-25-24-21(30-22)17-5-3-2-4-6-17/h2-14,26H,1H3,(H,23,25,27). The number of carbonyl (C=O) groups is 1. The van der Waals surface area contributed by atoms with E-state index in [9.17, 15) is 13.2 Å². The van der Waals surface area contributed by atoms with E-state index < -0.39 is 15.9 Å². The smallest absolute Gasteiger partial charge is 0.322 e. The highest BCUT2D eigenvalue weighted by Gasteiger charge is 2.15. The van der Waals surface area contributed by atoms with E-state index in [1.54, 1.807) is 12.1 Å². The van der Waals surface area contributed by atoms with Crippen LogP contribution in [0, 0.1) is 6.92 Å². The molecule has 1 heterocycles. The summed E-state index contributed by atoms with van der Waals surface area (Å²) in [4.78, 5) is 12.6. The highest BCUT2D eigenvalue weighted by molar-refractivity contribution is 7.92. The van der Waals surface area contributed by atoms with E-state index in [4.69, 9.17) is 4.42 Å². The lowest BCUT2D eigenvalue weighted by molar-refractivity contribution is 0.102. The molecule has 0 spiro atoms. The fourth-order valence-electron chi connectivity index (χ4n) is 2.76. The maximum Gasteiger partial charge on any atom is 0.322 e. The Morgan fingerprint density at radius 3 is 2.23 bits per heavy atom. The molecule has 0 bridgehead atoms. The molecule has 1 amide bonds. The van der Waals surface area contributed by atoms with Crippen LogP contribution in [0.2, 0.25) is 0 Å². The summed E-state index contributed by atoms with van der Waals surface area (Å²) in [7, 11) is -3.72. The molecule has 0 aliphatic carbocycles. The molecule has 0 unspecified atom stereocenters. The van der Waals surface area contributed by atoms with Crippen LogP contribution < -0.4 is 10.0 Å². The van der Waals surface area contributed by atoms with Crippen LogP contribution in [0.3, 0.4) is 0 Å². The third kappa shape index (κ3) is 4.78. The Morgan fingerprint density at radius 2 is 1.55 bits per heavy atom. The van der Waals surface area contributed by atoms with Gasteiger partial charge in [0, 0.05) is 16.8 Å². The molecule has 4 aromatic rings. The number of sulfonamides is 1. The Balaban J connectivity index is 1.43. The molecule has 31 heavy (non-hydrogen) atoms. The van der Waals surface area contributed by atoms with E-state index in [1.165, 1.54) is 36.4 Å². The van der Waals surface area contributed by atoms with Crippen molar-refractivity contribution in [2.75, 3.05) is 10.0 Å². The quantitative estimate of drug-likeness (QED) is 0.472. The molecule has 2 N–H and O–H groups in total. The van der Waals surface area contributed by atoms with Crippen molar-refractivity contribution in [3.05, 3.63) is 90.0 Å². The molecular weight excluding hydrogens is 416 g/mol. The number of benzene rings is 3. The van der Waals surface area contributed by atoms with Gasteiger partial charge >= 0.3 is 6.01 Å². The van der Waals surface area contributed by atoms with E-state index >= 15 is 0 Å². The van der Waals surface area contributed by atoms with Gasteiger partial charge in [-0.3, -0.25) is 14.8 Å². The van der Waals surface area contributed by atoms with E-state index in [-0.39, 0.29) is 16.8 Å². The second-order valence-corrected chi connectivity index (χ2v) is 8.41. The van der Waals surface area contributed by atoms with Crippen LogP contribution in [-0.4, -0.2) is 24.5 Å². The Kier molecular flexibility index (Phi) is 5.50. The summed E-state index contributed by atoms with van der Waals surface area (Å²) in [6.45, 7) is 1.88. The predicted molar refractivity (Wildman–Crippen MR) is 116 cm³/mol. The minimum absolute atomic E-state index is 0.0343. The molecule has 0 aliphatic rings. The number of aryl methyl sites for hydroxylation is 1. The largest absolute Gasteiger partial charge is 0.403 e. The summed E-state index contributed by atoms with van der Waals surface area (Å²) in [6.07, 6.45) is 0. The minimum atomic E-state index is -3.72. The van der Waals surface area contributed by atoms with Gasteiger partial charge in [0.15, 0.2) is 0 Å². The van der Waals surface area contributed by atoms with Crippen molar-refractivity contribution < 1.29 is 17.6 Å². The summed E-state index contributed by atoms with van der Waals surface area (Å²) in [5, 5.41) is 10.3. The molecule has 0 atom stereocenters. The van der Waals surface area contributed by atoms with Crippen LogP contribution in [0.15, 0.2) is 88.2 Å². The molecule has 9 heteroatoms. The first-order chi connectivity index (χ1) is 14.9. The fraction of sp³-hybridized carbons (Fsp3) is 0.0455. The Labute approximate surface area is 179 Å². The van der Waals surface area contributed by atoms with Gasteiger partial charge in [-0.1, -0.05) is 41.0 Å². The van der Waals surface area contributed by atoms with Gasteiger partial charge < -0.3 is 4.42 Å². The zero-order valence-corrected chi connectivity index (χ0v) is 17.3. The van der Waals surface area contributed by atoms with Crippen LogP contribution >= 0.6 is 0 Å². The van der Waals surface area contributed by atoms with Crippen molar-refractivity contribution in [3.8, 4) is 11.5 Å². The number of aromatic nitrogens is 2. The average Bonchev–Trinajstić information content (AvgIpc) is 3.23. The second kappa shape index (κ2) is 8.41. The van der Waals surface area contributed by atoms with E-state index in [1.807, 2.05) is 37.3 Å². The molecule has 156 valence electrons. The molecule has 0 aliphatic heterocycles. The van der Waals surface area contributed by atoms with Gasteiger partial charge in [-0.05, 0) is 55.5 Å². The molecular formula is C22H18N4O4S. The van der Waals surface area contributed by atoms with Crippen LogP contribution in [-0.2, 0) is 10.0 Å². The highest BCUT2D eigenvalue weighted by Crippen LogP contribution is 2.20. The zero-order valence-electron chi connectivity index (χ0n) is 16.4. The molecule has 1 aromatic heterocycles.